The lowest BCUT2D eigenvalue weighted by Crippen LogP contribution is -2.13. The first-order valence-electron chi connectivity index (χ1n) is 6.67. The van der Waals surface area contributed by atoms with Gasteiger partial charge in [0.05, 0.1) is 11.1 Å². The van der Waals surface area contributed by atoms with Crippen LogP contribution in [0.4, 0.5) is 13.2 Å². The molecule has 24 heavy (non-hydrogen) atoms. The topological polar surface area (TPSA) is 74.0 Å². The zero-order chi connectivity index (χ0) is 17.9. The number of hydrogen-bond donors (Lipinski definition) is 1. The molecule has 0 aliphatic carbocycles. The fraction of sp³-hybridized carbons (Fsp3) is 0.188. The van der Waals surface area contributed by atoms with Gasteiger partial charge < -0.3 is 5.11 Å². The monoisotopic (exact) mass is 352 g/mol. The van der Waals surface area contributed by atoms with E-state index in [4.69, 9.17) is 5.26 Å². The van der Waals surface area contributed by atoms with E-state index in [0.29, 0.717) is 17.3 Å². The fourth-order valence-electron chi connectivity index (χ4n) is 2.06. The van der Waals surface area contributed by atoms with E-state index in [9.17, 15) is 23.1 Å². The molecule has 0 radical (unpaired) electrons. The molecule has 1 atom stereocenters. The average molecular weight is 352 g/mol. The highest BCUT2D eigenvalue weighted by molar-refractivity contribution is 8.00. The number of benzene rings is 1. The van der Waals surface area contributed by atoms with E-state index in [1.165, 1.54) is 13.0 Å². The Labute approximate surface area is 140 Å². The Kier molecular flexibility index (Phi) is 5.14. The molecule has 1 aromatic carbocycles. The Hall–Kier alpha value is -2.53. The molecule has 2 aromatic rings. The highest BCUT2D eigenvalue weighted by Crippen LogP contribution is 2.40. The predicted octanol–water partition coefficient (Wildman–Crippen LogP) is 4.20. The quantitative estimate of drug-likeness (QED) is 0.835. The molecule has 124 valence electrons. The first-order chi connectivity index (χ1) is 11.2. The van der Waals surface area contributed by atoms with Gasteiger partial charge in [-0.15, -0.1) is 0 Å². The lowest BCUT2D eigenvalue weighted by Gasteiger charge is -2.16. The molecule has 1 aromatic heterocycles. The van der Waals surface area contributed by atoms with Crippen molar-refractivity contribution < 1.29 is 23.1 Å². The number of carboxylic acids is 1. The molecule has 0 fully saturated rings. The molecule has 0 bridgehead atoms. The van der Waals surface area contributed by atoms with E-state index in [0.717, 1.165) is 6.07 Å². The Morgan fingerprint density at radius 1 is 1.33 bits per heavy atom. The maximum atomic E-state index is 13.1. The van der Waals surface area contributed by atoms with Crippen molar-refractivity contribution in [1.29, 1.82) is 5.26 Å². The first kappa shape index (κ1) is 17.8. The summed E-state index contributed by atoms with van der Waals surface area (Å²) in [5, 5.41) is 17.1. The summed E-state index contributed by atoms with van der Waals surface area (Å²) in [4.78, 5) is 15.5. The van der Waals surface area contributed by atoms with Crippen LogP contribution < -0.4 is 0 Å². The average Bonchev–Trinajstić information content (AvgIpc) is 2.51. The summed E-state index contributed by atoms with van der Waals surface area (Å²) in [6.45, 7) is 1.36. The minimum absolute atomic E-state index is 0.0565. The predicted molar refractivity (Wildman–Crippen MR) is 81.4 cm³/mol. The molecule has 4 nitrogen and oxygen atoms in total. The molecular formula is C16H11F3N2O2S. The lowest BCUT2D eigenvalue weighted by atomic mass is 10.1. The van der Waals surface area contributed by atoms with Crippen LogP contribution in [0, 0.1) is 18.3 Å². The van der Waals surface area contributed by atoms with Crippen LogP contribution in [-0.2, 0) is 11.0 Å². The van der Waals surface area contributed by atoms with Gasteiger partial charge in [0, 0.05) is 5.69 Å². The molecule has 1 heterocycles. The van der Waals surface area contributed by atoms with E-state index >= 15 is 0 Å². The van der Waals surface area contributed by atoms with Crippen molar-refractivity contribution in [2.75, 3.05) is 0 Å². The van der Waals surface area contributed by atoms with Crippen molar-refractivity contribution in [3.8, 4) is 6.07 Å². The molecule has 0 spiro atoms. The van der Waals surface area contributed by atoms with Crippen LogP contribution in [0.5, 0.6) is 0 Å². The van der Waals surface area contributed by atoms with Gasteiger partial charge in [0.2, 0.25) is 0 Å². The van der Waals surface area contributed by atoms with Crippen molar-refractivity contribution >= 4 is 17.7 Å². The summed E-state index contributed by atoms with van der Waals surface area (Å²) in [6.07, 6.45) is -4.72. The zero-order valence-corrected chi connectivity index (χ0v) is 13.1. The van der Waals surface area contributed by atoms with Gasteiger partial charge >= 0.3 is 12.1 Å². The molecule has 0 saturated heterocycles. The number of nitriles is 1. The van der Waals surface area contributed by atoms with Gasteiger partial charge in [-0.05, 0) is 18.6 Å². The Morgan fingerprint density at radius 2 is 1.96 bits per heavy atom. The van der Waals surface area contributed by atoms with Crippen molar-refractivity contribution in [2.24, 2.45) is 0 Å². The SMILES string of the molecule is Cc1cc(C(F)(F)F)c(C#N)c(S[C@H](C(=O)O)c2ccccc2)n1. The van der Waals surface area contributed by atoms with Crippen LogP contribution in [0.25, 0.3) is 0 Å². The van der Waals surface area contributed by atoms with Gasteiger partial charge in [0.15, 0.2) is 0 Å². The number of rotatable bonds is 4. The van der Waals surface area contributed by atoms with Gasteiger partial charge in [-0.3, -0.25) is 4.79 Å². The standard InChI is InChI=1S/C16H11F3N2O2S/c1-9-7-12(16(17,18)19)11(8-20)14(21-9)24-13(15(22)23)10-5-3-2-4-6-10/h2-7,13H,1H3,(H,22,23)/t13-/m0/s1. The van der Waals surface area contributed by atoms with Crippen molar-refractivity contribution in [2.45, 2.75) is 23.4 Å². The number of halogens is 3. The molecule has 0 amide bonds. The molecule has 8 heteroatoms. The molecule has 0 saturated carbocycles. The summed E-state index contributed by atoms with van der Waals surface area (Å²) in [5.41, 5.74) is -1.32. The Balaban J connectivity index is 2.54. The largest absolute Gasteiger partial charge is 0.480 e. The number of hydrogen-bond acceptors (Lipinski definition) is 4. The summed E-state index contributed by atoms with van der Waals surface area (Å²) < 4.78 is 39.3. The van der Waals surface area contributed by atoms with Crippen LogP contribution >= 0.6 is 11.8 Å². The lowest BCUT2D eigenvalue weighted by molar-refractivity contribution is -0.138. The van der Waals surface area contributed by atoms with Gasteiger partial charge in [0.1, 0.15) is 16.3 Å². The smallest absolute Gasteiger partial charge is 0.417 e. The van der Waals surface area contributed by atoms with Crippen LogP contribution in [0.3, 0.4) is 0 Å². The maximum Gasteiger partial charge on any atom is 0.417 e. The molecule has 0 unspecified atom stereocenters. The van der Waals surface area contributed by atoms with E-state index in [1.807, 2.05) is 0 Å². The third kappa shape index (κ3) is 3.86. The van der Waals surface area contributed by atoms with Gasteiger partial charge in [-0.25, -0.2) is 4.98 Å². The molecule has 0 aliphatic rings. The Bertz CT molecular complexity index is 801. The van der Waals surface area contributed by atoms with Crippen molar-refractivity contribution in [3.63, 3.8) is 0 Å². The second-order valence-corrected chi connectivity index (χ2v) is 5.94. The van der Waals surface area contributed by atoms with E-state index in [1.54, 1.807) is 30.3 Å². The fourth-order valence-corrected chi connectivity index (χ4v) is 3.15. The summed E-state index contributed by atoms with van der Waals surface area (Å²) in [6, 6.07) is 10.3. The van der Waals surface area contributed by atoms with Crippen molar-refractivity contribution in [1.82, 2.24) is 4.98 Å². The minimum Gasteiger partial charge on any atom is -0.480 e. The zero-order valence-electron chi connectivity index (χ0n) is 12.3. The summed E-state index contributed by atoms with van der Waals surface area (Å²) in [5.74, 6) is -1.23. The molecule has 0 aliphatic heterocycles. The number of nitrogens with zero attached hydrogens (tertiary/aromatic N) is 2. The second kappa shape index (κ2) is 6.93. The number of thioether (sulfide) groups is 1. The van der Waals surface area contributed by atoms with Crippen LogP contribution in [-0.4, -0.2) is 16.1 Å². The number of aromatic nitrogens is 1. The molecular weight excluding hydrogens is 341 g/mol. The van der Waals surface area contributed by atoms with Crippen LogP contribution in [0.1, 0.15) is 27.6 Å². The first-order valence-corrected chi connectivity index (χ1v) is 7.55. The van der Waals surface area contributed by atoms with E-state index in [-0.39, 0.29) is 10.7 Å². The van der Waals surface area contributed by atoms with Gasteiger partial charge in [0.25, 0.3) is 0 Å². The van der Waals surface area contributed by atoms with Gasteiger partial charge in [-0.1, -0.05) is 42.1 Å². The maximum absolute atomic E-state index is 13.1. The third-order valence-electron chi connectivity index (χ3n) is 3.09. The number of aliphatic carboxylic acids is 1. The van der Waals surface area contributed by atoms with Crippen LogP contribution in [0.2, 0.25) is 0 Å². The minimum atomic E-state index is -4.72. The summed E-state index contributed by atoms with van der Waals surface area (Å²) in [7, 11) is 0. The molecule has 1 N–H and O–H groups in total. The number of pyridine rings is 1. The normalized spacial score (nSPS) is 12.5. The second-order valence-electron chi connectivity index (χ2n) is 4.85. The number of carboxylic acid groups (broad SMARTS) is 1. The third-order valence-corrected chi connectivity index (χ3v) is 4.32. The summed E-state index contributed by atoms with van der Waals surface area (Å²) >= 11 is 0.612. The highest BCUT2D eigenvalue weighted by Gasteiger charge is 2.36. The van der Waals surface area contributed by atoms with E-state index < -0.39 is 28.5 Å². The number of aryl methyl sites for hydroxylation is 1. The van der Waals surface area contributed by atoms with Crippen molar-refractivity contribution in [3.05, 3.63) is 58.8 Å². The number of alkyl halides is 3. The Morgan fingerprint density at radius 3 is 2.46 bits per heavy atom. The van der Waals surface area contributed by atoms with Crippen LogP contribution in [0.15, 0.2) is 41.4 Å². The number of carbonyl (C=O) groups is 1. The van der Waals surface area contributed by atoms with E-state index in [2.05, 4.69) is 4.98 Å². The van der Waals surface area contributed by atoms with Gasteiger partial charge in [-0.2, -0.15) is 18.4 Å². The molecule has 2 rings (SSSR count). The highest BCUT2D eigenvalue weighted by atomic mass is 32.2.